The number of hydrogen-bond acceptors (Lipinski definition) is 11. The molecule has 1 saturated heterocycles. The van der Waals surface area contributed by atoms with Gasteiger partial charge in [0, 0.05) is 56.7 Å². The second kappa shape index (κ2) is 12.7. The quantitative estimate of drug-likeness (QED) is 0.182. The first-order valence-corrected chi connectivity index (χ1v) is 19.6. The fourth-order valence-corrected chi connectivity index (χ4v) is 7.17. The largest absolute Gasteiger partial charge is 0.361 e. The third-order valence-electron chi connectivity index (χ3n) is 8.14. The van der Waals surface area contributed by atoms with E-state index >= 15 is 0 Å². The summed E-state index contributed by atoms with van der Waals surface area (Å²) in [4.78, 5) is 70.8. The number of carbonyl (C=O) groups is 4. The number of ether oxygens (including phenoxy) is 1. The molecule has 0 radical (unpaired) electrons. The van der Waals surface area contributed by atoms with Crippen molar-refractivity contribution < 1.29 is 23.9 Å². The smallest absolute Gasteiger partial charge is 0.278 e. The molecule has 234 valence electrons. The highest BCUT2D eigenvalue weighted by Gasteiger charge is 2.50. The van der Waals surface area contributed by atoms with Crippen LogP contribution >= 0.6 is 11.5 Å². The zero-order valence-electron chi connectivity index (χ0n) is 25.6. The van der Waals surface area contributed by atoms with Crippen LogP contribution in [0.1, 0.15) is 30.7 Å². The minimum absolute atomic E-state index is 0.0604. The lowest BCUT2D eigenvalue weighted by Crippen LogP contribution is -2.57. The summed E-state index contributed by atoms with van der Waals surface area (Å²) in [7, 11) is -1.35. The second-order valence-electron chi connectivity index (χ2n) is 12.6. The van der Waals surface area contributed by atoms with E-state index < -0.39 is 31.8 Å². The molecule has 0 N–H and O–H groups in total. The van der Waals surface area contributed by atoms with Crippen LogP contribution in [0.25, 0.3) is 22.6 Å². The highest BCUT2D eigenvalue weighted by Crippen LogP contribution is 2.36. The Morgan fingerprint density at radius 2 is 1.87 bits per heavy atom. The molecule has 2 aromatic heterocycles. The minimum atomic E-state index is -1.35. The SMILES string of the molecule is C[Si](C)(C)CCOCN1C(=O)CCC(N2C(=O)C3=C(C2=O)N(Cc2nc(-c4cccc(-c5cnccn5)c4)ns2)CCC3)C1=O. The van der Waals surface area contributed by atoms with Crippen molar-refractivity contribution in [2.75, 3.05) is 19.9 Å². The van der Waals surface area contributed by atoms with Crippen LogP contribution in [0.4, 0.5) is 0 Å². The molecule has 0 spiro atoms. The molecule has 4 amide bonds. The first-order valence-electron chi connectivity index (χ1n) is 15.1. The number of piperidine rings is 1. The summed E-state index contributed by atoms with van der Waals surface area (Å²) in [5, 5.41) is 0.698. The zero-order valence-corrected chi connectivity index (χ0v) is 27.4. The Balaban J connectivity index is 1.15. The highest BCUT2D eigenvalue weighted by atomic mass is 32.1. The number of imide groups is 2. The maximum absolute atomic E-state index is 13.8. The molecule has 45 heavy (non-hydrogen) atoms. The molecule has 5 heterocycles. The average molecular weight is 646 g/mol. The fourth-order valence-electron chi connectivity index (χ4n) is 5.73. The molecule has 3 aromatic rings. The van der Waals surface area contributed by atoms with Gasteiger partial charge in [0.15, 0.2) is 5.82 Å². The molecule has 3 aliphatic rings. The van der Waals surface area contributed by atoms with E-state index in [2.05, 4.69) is 34.0 Å². The maximum Gasteiger partial charge on any atom is 0.278 e. The molecular weight excluding hydrogens is 611 g/mol. The topological polar surface area (TPSA) is 139 Å². The number of carbonyl (C=O) groups excluding carboxylic acids is 4. The van der Waals surface area contributed by atoms with E-state index in [-0.39, 0.29) is 25.5 Å². The van der Waals surface area contributed by atoms with Crippen LogP contribution in [0.15, 0.2) is 54.1 Å². The van der Waals surface area contributed by atoms with Crippen molar-refractivity contribution in [2.45, 2.75) is 64.0 Å². The number of rotatable bonds is 10. The second-order valence-corrected chi connectivity index (χ2v) is 19.0. The Morgan fingerprint density at radius 1 is 1.04 bits per heavy atom. The van der Waals surface area contributed by atoms with Gasteiger partial charge in [-0.1, -0.05) is 37.8 Å². The molecule has 12 nitrogen and oxygen atoms in total. The molecular formula is C31H35N7O5SSi. The molecule has 3 aliphatic heterocycles. The predicted molar refractivity (Wildman–Crippen MR) is 169 cm³/mol. The summed E-state index contributed by atoms with van der Waals surface area (Å²) in [6.45, 7) is 7.81. The lowest BCUT2D eigenvalue weighted by molar-refractivity contribution is -0.164. The standard InChI is InChI=1S/C31H35N7O5SSi/c1-45(2,3)15-14-43-19-37-26(39)10-9-24(30(37)41)38-29(40)22-8-5-13-36(27(22)31(38)42)18-25-34-28(35-44-25)21-7-4-6-20(16-21)23-17-32-11-12-33-23/h4,6-7,11-12,16-17,24H,5,8-10,13-15,18-19H2,1-3H3. The Bertz CT molecular complexity index is 1670. The normalized spacial score (nSPS) is 19.2. The number of aromatic nitrogens is 4. The van der Waals surface area contributed by atoms with E-state index in [4.69, 9.17) is 9.72 Å². The van der Waals surface area contributed by atoms with Gasteiger partial charge in [0.2, 0.25) is 5.91 Å². The van der Waals surface area contributed by atoms with Crippen LogP contribution < -0.4 is 0 Å². The zero-order chi connectivity index (χ0) is 31.7. The van der Waals surface area contributed by atoms with Gasteiger partial charge in [0.05, 0.1) is 18.4 Å². The monoisotopic (exact) mass is 645 g/mol. The van der Waals surface area contributed by atoms with Gasteiger partial charge in [-0.15, -0.1) is 0 Å². The van der Waals surface area contributed by atoms with Gasteiger partial charge >= 0.3 is 0 Å². The van der Waals surface area contributed by atoms with Crippen molar-refractivity contribution in [3.63, 3.8) is 0 Å². The molecule has 1 fully saturated rings. The minimum Gasteiger partial charge on any atom is -0.361 e. The number of nitrogens with zero attached hydrogens (tertiary/aromatic N) is 7. The molecule has 0 aliphatic carbocycles. The Morgan fingerprint density at radius 3 is 2.64 bits per heavy atom. The van der Waals surface area contributed by atoms with Gasteiger partial charge in [0.25, 0.3) is 17.7 Å². The highest BCUT2D eigenvalue weighted by molar-refractivity contribution is 7.05. The van der Waals surface area contributed by atoms with Gasteiger partial charge in [-0.3, -0.25) is 38.9 Å². The van der Waals surface area contributed by atoms with Crippen molar-refractivity contribution in [1.82, 2.24) is 34.0 Å². The molecule has 14 heteroatoms. The fraction of sp³-hybridized carbons (Fsp3) is 0.419. The van der Waals surface area contributed by atoms with E-state index in [9.17, 15) is 19.2 Å². The van der Waals surface area contributed by atoms with Crippen molar-refractivity contribution in [2.24, 2.45) is 0 Å². The molecule has 0 bridgehead atoms. The van der Waals surface area contributed by atoms with Crippen molar-refractivity contribution in [3.05, 3.63) is 59.1 Å². The lowest BCUT2D eigenvalue weighted by atomic mass is 10.0. The third-order valence-corrected chi connectivity index (χ3v) is 10.5. The van der Waals surface area contributed by atoms with Crippen LogP contribution in [0.5, 0.6) is 0 Å². The van der Waals surface area contributed by atoms with E-state index in [1.807, 2.05) is 29.2 Å². The lowest BCUT2D eigenvalue weighted by Gasteiger charge is -2.34. The van der Waals surface area contributed by atoms with Crippen LogP contribution in [-0.4, -0.2) is 91.7 Å². The van der Waals surface area contributed by atoms with Gasteiger partial charge < -0.3 is 9.64 Å². The van der Waals surface area contributed by atoms with E-state index in [0.29, 0.717) is 54.6 Å². The van der Waals surface area contributed by atoms with Crippen molar-refractivity contribution >= 4 is 43.2 Å². The molecule has 0 saturated carbocycles. The van der Waals surface area contributed by atoms with Crippen LogP contribution in [0.2, 0.25) is 25.7 Å². The van der Waals surface area contributed by atoms with Crippen LogP contribution in [-0.2, 0) is 30.5 Å². The summed E-state index contributed by atoms with van der Waals surface area (Å²) < 4.78 is 10.3. The Hall–Kier alpha value is -4.14. The van der Waals surface area contributed by atoms with E-state index in [0.717, 1.165) is 32.7 Å². The molecule has 1 atom stereocenters. The Labute approximate surface area is 266 Å². The number of hydrogen-bond donors (Lipinski definition) is 0. The predicted octanol–water partition coefficient (Wildman–Crippen LogP) is 3.71. The van der Waals surface area contributed by atoms with E-state index in [1.165, 1.54) is 11.5 Å². The summed E-state index contributed by atoms with van der Waals surface area (Å²) in [5.41, 5.74) is 3.20. The van der Waals surface area contributed by atoms with E-state index in [1.54, 1.807) is 18.6 Å². The van der Waals surface area contributed by atoms with Crippen LogP contribution in [0, 0.1) is 0 Å². The van der Waals surface area contributed by atoms with Gasteiger partial charge in [0.1, 0.15) is 23.5 Å². The first-order chi connectivity index (χ1) is 21.6. The first kappa shape index (κ1) is 30.9. The Kier molecular flexibility index (Phi) is 8.71. The third kappa shape index (κ3) is 6.48. The average Bonchev–Trinajstić information content (AvgIpc) is 3.59. The molecule has 6 rings (SSSR count). The summed E-state index contributed by atoms with van der Waals surface area (Å²) in [6.07, 6.45) is 6.27. The number of benzene rings is 1. The maximum atomic E-state index is 13.8. The van der Waals surface area contributed by atoms with Crippen molar-refractivity contribution in [1.29, 1.82) is 0 Å². The number of amides is 4. The molecule has 1 aromatic carbocycles. The van der Waals surface area contributed by atoms with Crippen molar-refractivity contribution in [3.8, 4) is 22.6 Å². The summed E-state index contributed by atoms with van der Waals surface area (Å²) >= 11 is 1.24. The van der Waals surface area contributed by atoms with Gasteiger partial charge in [-0.25, -0.2) is 4.98 Å². The summed E-state index contributed by atoms with van der Waals surface area (Å²) in [6, 6.07) is 7.61. The summed E-state index contributed by atoms with van der Waals surface area (Å²) in [5.74, 6) is -1.30. The van der Waals surface area contributed by atoms with Gasteiger partial charge in [-0.2, -0.15) is 4.37 Å². The van der Waals surface area contributed by atoms with Crippen LogP contribution in [0.3, 0.4) is 0 Å². The van der Waals surface area contributed by atoms with Gasteiger partial charge in [-0.05, 0) is 42.9 Å². The number of likely N-dealkylation sites (tertiary alicyclic amines) is 1. The molecule has 1 unspecified atom stereocenters.